The smallest absolute Gasteiger partial charge is 0.0704 e. The summed E-state index contributed by atoms with van der Waals surface area (Å²) in [6, 6.07) is 34.4. The third-order valence-electron chi connectivity index (χ3n) is 5.37. The van der Waals surface area contributed by atoms with Crippen molar-refractivity contribution in [3.8, 4) is 5.69 Å². The molecule has 0 spiro atoms. The molecule has 0 amide bonds. The zero-order valence-electron chi connectivity index (χ0n) is 16.1. The van der Waals surface area contributed by atoms with E-state index >= 15 is 0 Å². The molecular formula is C26H18N2S2. The summed E-state index contributed by atoms with van der Waals surface area (Å²) in [5, 5.41) is 4.36. The average Bonchev–Trinajstić information content (AvgIpc) is 3.51. The summed E-state index contributed by atoms with van der Waals surface area (Å²) in [7, 11) is 0. The average molecular weight is 423 g/mol. The molecule has 144 valence electrons. The number of para-hydroxylation sites is 2. The lowest BCUT2D eigenvalue weighted by molar-refractivity contribution is 1.18. The number of hydrogen-bond donors (Lipinski definition) is 0. The van der Waals surface area contributed by atoms with Crippen LogP contribution in [-0.2, 0) is 0 Å². The highest BCUT2D eigenvalue weighted by Crippen LogP contribution is 2.39. The number of thiophene rings is 2. The molecule has 0 fully saturated rings. The molecule has 0 aliphatic rings. The fourth-order valence-corrected chi connectivity index (χ4v) is 6.00. The SMILES string of the molecule is c1ccc(N(c2ccccc2)c2ccc(-n3c4ccsc4c4sccc43)cc2)cc1. The quantitative estimate of drug-likeness (QED) is 0.277. The minimum atomic E-state index is 1.14. The molecule has 0 aliphatic heterocycles. The third-order valence-corrected chi connectivity index (χ3v) is 7.34. The van der Waals surface area contributed by atoms with Crippen molar-refractivity contribution in [3.05, 3.63) is 108 Å². The highest BCUT2D eigenvalue weighted by atomic mass is 32.1. The van der Waals surface area contributed by atoms with Crippen LogP contribution in [0.1, 0.15) is 0 Å². The summed E-state index contributed by atoms with van der Waals surface area (Å²) in [5.41, 5.74) is 7.22. The summed E-state index contributed by atoms with van der Waals surface area (Å²) in [6.45, 7) is 0. The fourth-order valence-electron chi connectivity index (χ4n) is 4.06. The molecule has 0 unspecified atom stereocenters. The molecule has 0 saturated heterocycles. The van der Waals surface area contributed by atoms with Gasteiger partial charge in [0.2, 0.25) is 0 Å². The first-order chi connectivity index (χ1) is 14.9. The maximum Gasteiger partial charge on any atom is 0.0704 e. The van der Waals surface area contributed by atoms with Gasteiger partial charge in [0.05, 0.1) is 20.4 Å². The first-order valence-corrected chi connectivity index (χ1v) is 11.6. The number of hydrogen-bond acceptors (Lipinski definition) is 3. The highest BCUT2D eigenvalue weighted by Gasteiger charge is 2.16. The van der Waals surface area contributed by atoms with E-state index in [0.29, 0.717) is 0 Å². The molecule has 3 heterocycles. The predicted octanol–water partition coefficient (Wildman–Crippen LogP) is 8.38. The van der Waals surface area contributed by atoms with Crippen LogP contribution in [0, 0.1) is 0 Å². The van der Waals surface area contributed by atoms with Crippen LogP contribution in [0.4, 0.5) is 17.1 Å². The van der Waals surface area contributed by atoms with Gasteiger partial charge in [0.25, 0.3) is 0 Å². The van der Waals surface area contributed by atoms with Gasteiger partial charge in [-0.1, -0.05) is 36.4 Å². The maximum absolute atomic E-state index is 2.37. The van der Waals surface area contributed by atoms with Crippen LogP contribution in [0.2, 0.25) is 0 Å². The van der Waals surface area contributed by atoms with Crippen LogP contribution in [0.5, 0.6) is 0 Å². The van der Waals surface area contributed by atoms with E-state index in [4.69, 9.17) is 0 Å². The van der Waals surface area contributed by atoms with E-state index in [-0.39, 0.29) is 0 Å². The van der Waals surface area contributed by atoms with Gasteiger partial charge in [0.15, 0.2) is 0 Å². The molecule has 0 atom stereocenters. The molecule has 0 aliphatic carbocycles. The lowest BCUT2D eigenvalue weighted by Crippen LogP contribution is -2.09. The Morgan fingerprint density at radius 2 is 0.967 bits per heavy atom. The number of rotatable bonds is 4. The Balaban J connectivity index is 1.48. The molecule has 3 aromatic carbocycles. The standard InChI is InChI=1S/C26H18N2S2/c1-3-7-19(8-4-1)27(20-9-5-2-6-10-20)21-11-13-22(14-12-21)28-23-15-17-29-25(23)26-24(28)16-18-30-26/h1-18H. The van der Waals surface area contributed by atoms with Gasteiger partial charge < -0.3 is 9.47 Å². The fraction of sp³-hybridized carbons (Fsp3) is 0. The lowest BCUT2D eigenvalue weighted by atomic mass is 10.2. The van der Waals surface area contributed by atoms with Crippen molar-refractivity contribution in [2.24, 2.45) is 0 Å². The maximum atomic E-state index is 2.37. The van der Waals surface area contributed by atoms with Gasteiger partial charge in [0.1, 0.15) is 0 Å². The van der Waals surface area contributed by atoms with Gasteiger partial charge in [-0.05, 0) is 71.4 Å². The van der Waals surface area contributed by atoms with Crippen molar-refractivity contribution in [2.75, 3.05) is 4.90 Å². The normalized spacial score (nSPS) is 11.3. The molecule has 0 saturated carbocycles. The zero-order chi connectivity index (χ0) is 19.9. The topological polar surface area (TPSA) is 8.17 Å². The minimum absolute atomic E-state index is 1.14. The molecule has 2 nitrogen and oxygen atoms in total. The molecule has 3 aromatic heterocycles. The van der Waals surface area contributed by atoms with Crippen LogP contribution in [0.3, 0.4) is 0 Å². The van der Waals surface area contributed by atoms with Crippen LogP contribution >= 0.6 is 22.7 Å². The first kappa shape index (κ1) is 17.5. The second-order valence-electron chi connectivity index (χ2n) is 7.13. The summed E-state index contributed by atoms with van der Waals surface area (Å²) in [4.78, 5) is 2.29. The Bertz CT molecular complexity index is 1340. The summed E-state index contributed by atoms with van der Waals surface area (Å²) >= 11 is 3.64. The van der Waals surface area contributed by atoms with E-state index in [1.54, 1.807) is 0 Å². The van der Waals surface area contributed by atoms with E-state index in [0.717, 1.165) is 17.1 Å². The number of fused-ring (bicyclic) bond motifs is 3. The largest absolute Gasteiger partial charge is 0.311 e. The van der Waals surface area contributed by atoms with Crippen molar-refractivity contribution in [2.45, 2.75) is 0 Å². The van der Waals surface area contributed by atoms with Gasteiger partial charge >= 0.3 is 0 Å². The van der Waals surface area contributed by atoms with Crippen molar-refractivity contribution in [3.63, 3.8) is 0 Å². The van der Waals surface area contributed by atoms with Gasteiger partial charge in [-0.25, -0.2) is 0 Å². The van der Waals surface area contributed by atoms with Crippen LogP contribution in [0.15, 0.2) is 108 Å². The Hall–Kier alpha value is -3.34. The summed E-state index contributed by atoms with van der Waals surface area (Å²) < 4.78 is 5.12. The zero-order valence-corrected chi connectivity index (χ0v) is 17.7. The summed E-state index contributed by atoms with van der Waals surface area (Å²) in [5.74, 6) is 0. The number of anilines is 3. The van der Waals surface area contributed by atoms with Crippen molar-refractivity contribution in [1.82, 2.24) is 4.57 Å². The van der Waals surface area contributed by atoms with Crippen molar-refractivity contribution < 1.29 is 0 Å². The molecule has 4 heteroatoms. The number of benzene rings is 3. The van der Waals surface area contributed by atoms with Crippen molar-refractivity contribution in [1.29, 1.82) is 0 Å². The third kappa shape index (κ3) is 2.76. The van der Waals surface area contributed by atoms with Crippen molar-refractivity contribution >= 4 is 60.2 Å². The second kappa shape index (κ2) is 7.17. The summed E-state index contributed by atoms with van der Waals surface area (Å²) in [6.07, 6.45) is 0. The van der Waals surface area contributed by atoms with E-state index in [1.165, 1.54) is 26.1 Å². The lowest BCUT2D eigenvalue weighted by Gasteiger charge is -2.25. The molecular weight excluding hydrogens is 404 g/mol. The van der Waals surface area contributed by atoms with Crippen LogP contribution in [0.25, 0.3) is 26.1 Å². The molecule has 0 N–H and O–H groups in total. The number of aromatic nitrogens is 1. The van der Waals surface area contributed by atoms with Gasteiger partial charge in [-0.15, -0.1) is 22.7 Å². The Morgan fingerprint density at radius 3 is 1.47 bits per heavy atom. The monoisotopic (exact) mass is 422 g/mol. The first-order valence-electron chi connectivity index (χ1n) is 9.86. The minimum Gasteiger partial charge on any atom is -0.311 e. The Labute approximate surface area is 182 Å². The molecule has 6 aromatic rings. The van der Waals surface area contributed by atoms with Gasteiger partial charge in [-0.3, -0.25) is 0 Å². The van der Waals surface area contributed by atoms with Gasteiger partial charge in [0, 0.05) is 22.7 Å². The van der Waals surface area contributed by atoms with Gasteiger partial charge in [-0.2, -0.15) is 0 Å². The second-order valence-corrected chi connectivity index (χ2v) is 8.96. The van der Waals surface area contributed by atoms with Crippen LogP contribution < -0.4 is 4.90 Å². The van der Waals surface area contributed by atoms with E-state index in [2.05, 4.69) is 117 Å². The molecule has 0 bridgehead atoms. The Morgan fingerprint density at radius 1 is 0.500 bits per heavy atom. The highest BCUT2D eigenvalue weighted by molar-refractivity contribution is 7.25. The molecule has 30 heavy (non-hydrogen) atoms. The van der Waals surface area contributed by atoms with Crippen LogP contribution in [-0.4, -0.2) is 4.57 Å². The van der Waals surface area contributed by atoms with E-state index in [1.807, 2.05) is 22.7 Å². The Kier molecular flexibility index (Phi) is 4.18. The molecule has 0 radical (unpaired) electrons. The van der Waals surface area contributed by atoms with E-state index in [9.17, 15) is 0 Å². The number of nitrogens with zero attached hydrogens (tertiary/aromatic N) is 2. The molecule has 6 rings (SSSR count). The van der Waals surface area contributed by atoms with E-state index < -0.39 is 0 Å². The predicted molar refractivity (Wildman–Crippen MR) is 131 cm³/mol.